The van der Waals surface area contributed by atoms with Crippen LogP contribution in [0.3, 0.4) is 0 Å². The molecule has 0 saturated carbocycles. The summed E-state index contributed by atoms with van der Waals surface area (Å²) in [7, 11) is 1.83. The summed E-state index contributed by atoms with van der Waals surface area (Å²) in [6, 6.07) is 9.88. The van der Waals surface area contributed by atoms with Gasteiger partial charge < -0.3 is 9.64 Å². The Hall–Kier alpha value is -2.60. The number of rotatable bonds is 7. The second-order valence-electron chi connectivity index (χ2n) is 6.65. The summed E-state index contributed by atoms with van der Waals surface area (Å²) in [6.07, 6.45) is 1.85. The average Bonchev–Trinajstić information content (AvgIpc) is 3.28. The van der Waals surface area contributed by atoms with Crippen molar-refractivity contribution >= 4 is 17.2 Å². The largest absolute Gasteiger partial charge is 0.489 e. The lowest BCUT2D eigenvalue weighted by Gasteiger charge is -2.16. The van der Waals surface area contributed by atoms with Crippen LogP contribution in [0, 0.1) is 13.8 Å². The van der Waals surface area contributed by atoms with E-state index in [4.69, 9.17) is 4.74 Å². The van der Waals surface area contributed by atoms with Crippen LogP contribution in [-0.4, -0.2) is 27.6 Å². The Labute approximate surface area is 164 Å². The summed E-state index contributed by atoms with van der Waals surface area (Å²) in [6.45, 7) is 7.99. The van der Waals surface area contributed by atoms with Crippen LogP contribution in [0.1, 0.15) is 39.0 Å². The number of aromatic nitrogens is 2. The van der Waals surface area contributed by atoms with E-state index in [2.05, 4.69) is 12.0 Å². The maximum Gasteiger partial charge on any atom is 0.263 e. The first-order chi connectivity index (χ1) is 13.0. The summed E-state index contributed by atoms with van der Waals surface area (Å²) in [5.41, 5.74) is 4.39. The fourth-order valence-corrected chi connectivity index (χ4v) is 3.73. The summed E-state index contributed by atoms with van der Waals surface area (Å²) in [4.78, 5) is 15.2. The number of carbonyl (C=O) groups is 1. The van der Waals surface area contributed by atoms with Crippen LogP contribution in [0.25, 0.3) is 0 Å². The zero-order valence-electron chi connectivity index (χ0n) is 16.2. The first-order valence-corrected chi connectivity index (χ1v) is 9.89. The van der Waals surface area contributed by atoms with Crippen molar-refractivity contribution in [2.75, 3.05) is 7.05 Å². The minimum atomic E-state index is 0.0187. The van der Waals surface area contributed by atoms with E-state index in [1.54, 1.807) is 4.90 Å². The molecule has 0 aliphatic carbocycles. The number of carbonyl (C=O) groups excluding carboxylic acids is 1. The molecule has 0 unspecified atom stereocenters. The van der Waals surface area contributed by atoms with Gasteiger partial charge in [0.25, 0.3) is 5.91 Å². The third-order valence-corrected chi connectivity index (χ3v) is 5.52. The van der Waals surface area contributed by atoms with Crippen LogP contribution in [-0.2, 0) is 19.7 Å². The van der Waals surface area contributed by atoms with Crippen molar-refractivity contribution in [1.29, 1.82) is 0 Å². The number of thiophene rings is 1. The molecule has 0 atom stereocenters. The molecule has 2 aromatic heterocycles. The minimum Gasteiger partial charge on any atom is -0.489 e. The molecule has 6 heteroatoms. The van der Waals surface area contributed by atoms with Crippen LogP contribution in [0.4, 0.5) is 0 Å². The number of hydrogen-bond donors (Lipinski definition) is 0. The Bertz CT molecular complexity index is 912. The van der Waals surface area contributed by atoms with E-state index in [0.29, 0.717) is 13.2 Å². The second kappa shape index (κ2) is 8.39. The number of aryl methyl sites for hydroxylation is 2. The van der Waals surface area contributed by atoms with Gasteiger partial charge in [-0.3, -0.25) is 9.48 Å². The molecule has 0 fully saturated rings. The lowest BCUT2D eigenvalue weighted by molar-refractivity contribution is 0.0789. The van der Waals surface area contributed by atoms with Crippen LogP contribution in [0.5, 0.6) is 5.75 Å². The molecule has 5 nitrogen and oxygen atoms in total. The molecule has 2 heterocycles. The number of benzene rings is 1. The van der Waals surface area contributed by atoms with Gasteiger partial charge in [-0.25, -0.2) is 0 Å². The zero-order valence-corrected chi connectivity index (χ0v) is 17.0. The molecule has 0 N–H and O–H groups in total. The van der Waals surface area contributed by atoms with E-state index in [1.165, 1.54) is 16.9 Å². The lowest BCUT2D eigenvalue weighted by Crippen LogP contribution is -2.25. The molecule has 0 radical (unpaired) electrons. The van der Waals surface area contributed by atoms with Gasteiger partial charge >= 0.3 is 0 Å². The molecular formula is C21H25N3O2S. The maximum absolute atomic E-state index is 12.7. The highest BCUT2D eigenvalue weighted by atomic mass is 32.1. The third kappa shape index (κ3) is 4.57. The van der Waals surface area contributed by atoms with Gasteiger partial charge in [-0.1, -0.05) is 17.7 Å². The Morgan fingerprint density at radius 1 is 1.26 bits per heavy atom. The molecule has 3 aromatic rings. The summed E-state index contributed by atoms with van der Waals surface area (Å²) < 4.78 is 7.74. The smallest absolute Gasteiger partial charge is 0.263 e. The molecule has 0 bridgehead atoms. The molecule has 0 aliphatic heterocycles. The SMILES string of the molecule is CCn1ncc(CN(C)C(=O)c2cc(COc3ccc(C)cc3)cs2)c1C. The fourth-order valence-electron chi connectivity index (χ4n) is 2.84. The monoisotopic (exact) mass is 383 g/mol. The third-order valence-electron chi connectivity index (χ3n) is 4.55. The van der Waals surface area contributed by atoms with Gasteiger partial charge in [0.05, 0.1) is 11.1 Å². The first kappa shape index (κ1) is 19.2. The van der Waals surface area contributed by atoms with Crippen LogP contribution in [0.2, 0.25) is 0 Å². The second-order valence-corrected chi connectivity index (χ2v) is 7.56. The van der Waals surface area contributed by atoms with E-state index < -0.39 is 0 Å². The first-order valence-electron chi connectivity index (χ1n) is 9.01. The van der Waals surface area contributed by atoms with Gasteiger partial charge in [0.2, 0.25) is 0 Å². The van der Waals surface area contributed by atoms with Crippen molar-refractivity contribution < 1.29 is 9.53 Å². The predicted molar refractivity (Wildman–Crippen MR) is 108 cm³/mol. The predicted octanol–water partition coefficient (Wildman–Crippen LogP) is 4.43. The van der Waals surface area contributed by atoms with Gasteiger partial charge in [-0.2, -0.15) is 5.10 Å². The lowest BCUT2D eigenvalue weighted by atomic mass is 10.2. The summed E-state index contributed by atoms with van der Waals surface area (Å²) in [5.74, 6) is 0.852. The Morgan fingerprint density at radius 2 is 2.00 bits per heavy atom. The van der Waals surface area contributed by atoms with Crippen LogP contribution in [0.15, 0.2) is 41.9 Å². The van der Waals surface area contributed by atoms with E-state index in [-0.39, 0.29) is 5.91 Å². The van der Waals surface area contributed by atoms with E-state index in [0.717, 1.165) is 34.0 Å². The number of hydrogen-bond acceptors (Lipinski definition) is 4. The highest BCUT2D eigenvalue weighted by molar-refractivity contribution is 7.12. The number of nitrogens with zero attached hydrogens (tertiary/aromatic N) is 3. The Morgan fingerprint density at radius 3 is 2.67 bits per heavy atom. The van der Waals surface area contributed by atoms with Crippen molar-refractivity contribution in [2.24, 2.45) is 0 Å². The number of amides is 1. The van der Waals surface area contributed by atoms with Crippen LogP contribution >= 0.6 is 11.3 Å². The molecule has 0 saturated heterocycles. The van der Waals surface area contributed by atoms with E-state index >= 15 is 0 Å². The fraction of sp³-hybridized carbons (Fsp3) is 0.333. The van der Waals surface area contributed by atoms with Gasteiger partial charge in [0, 0.05) is 37.0 Å². The Kier molecular flexibility index (Phi) is 5.96. The standard InChI is InChI=1S/C21H25N3O2S/c1-5-24-16(3)18(11-22-24)12-23(4)21(25)20-10-17(14-27-20)13-26-19-8-6-15(2)7-9-19/h6-11,14H,5,12-13H2,1-4H3. The average molecular weight is 384 g/mol. The van der Waals surface area contributed by atoms with Gasteiger partial charge in [-0.05, 0) is 44.4 Å². The molecular weight excluding hydrogens is 358 g/mol. The van der Waals surface area contributed by atoms with Crippen molar-refractivity contribution in [3.05, 3.63) is 69.2 Å². The zero-order chi connectivity index (χ0) is 19.4. The molecule has 3 rings (SSSR count). The van der Waals surface area contributed by atoms with Gasteiger partial charge in [0.1, 0.15) is 12.4 Å². The highest BCUT2D eigenvalue weighted by Crippen LogP contribution is 2.20. The van der Waals surface area contributed by atoms with Crippen molar-refractivity contribution in [1.82, 2.24) is 14.7 Å². The molecule has 1 amide bonds. The number of ether oxygens (including phenoxy) is 1. The summed E-state index contributed by atoms with van der Waals surface area (Å²) >= 11 is 1.46. The van der Waals surface area contributed by atoms with E-state index in [1.807, 2.05) is 67.5 Å². The quantitative estimate of drug-likeness (QED) is 0.606. The van der Waals surface area contributed by atoms with Crippen LogP contribution < -0.4 is 4.74 Å². The molecule has 1 aromatic carbocycles. The highest BCUT2D eigenvalue weighted by Gasteiger charge is 2.17. The van der Waals surface area contributed by atoms with Crippen molar-refractivity contribution in [3.63, 3.8) is 0 Å². The maximum atomic E-state index is 12.7. The topological polar surface area (TPSA) is 47.4 Å². The van der Waals surface area contributed by atoms with Gasteiger partial charge in [0.15, 0.2) is 0 Å². The van der Waals surface area contributed by atoms with Crippen molar-refractivity contribution in [2.45, 2.75) is 40.5 Å². The molecule has 0 spiro atoms. The normalized spacial score (nSPS) is 10.8. The van der Waals surface area contributed by atoms with Gasteiger partial charge in [-0.15, -0.1) is 11.3 Å². The summed E-state index contributed by atoms with van der Waals surface area (Å²) in [5, 5.41) is 6.33. The minimum absolute atomic E-state index is 0.0187. The van der Waals surface area contributed by atoms with E-state index in [9.17, 15) is 4.79 Å². The molecule has 27 heavy (non-hydrogen) atoms. The Balaban J connectivity index is 1.60. The molecule has 142 valence electrons. The van der Waals surface area contributed by atoms with Crippen molar-refractivity contribution in [3.8, 4) is 5.75 Å². The molecule has 0 aliphatic rings.